The Kier molecular flexibility index (Phi) is 10.7. The Hall–Kier alpha value is 1.28. The van der Waals surface area contributed by atoms with Crippen molar-refractivity contribution in [3.63, 3.8) is 0 Å². The third-order valence-corrected chi connectivity index (χ3v) is 17.5. The molecule has 0 aromatic rings. The average molecular weight is 499 g/mol. The third kappa shape index (κ3) is 5.64. The third-order valence-electron chi connectivity index (χ3n) is 4.99. The number of allylic oxidation sites excluding steroid dienone is 4. The van der Waals surface area contributed by atoms with Crippen molar-refractivity contribution in [2.24, 2.45) is 23.7 Å². The summed E-state index contributed by atoms with van der Waals surface area (Å²) in [5, 5.41) is 3.32. The number of hydrogen-bond donors (Lipinski definition) is 0. The molecule has 2 aliphatic heterocycles. The van der Waals surface area contributed by atoms with Crippen LogP contribution in [0.1, 0.15) is 55.4 Å². The second-order valence-electron chi connectivity index (χ2n) is 8.13. The molecule has 0 N–H and O–H groups in total. The molecule has 0 saturated heterocycles. The minimum absolute atomic E-state index is 0. The maximum atomic E-state index is 2.63. The fourth-order valence-electron chi connectivity index (χ4n) is 3.04. The molecule has 2 heterocycles. The molecule has 25 heavy (non-hydrogen) atoms. The van der Waals surface area contributed by atoms with Crippen LogP contribution in [0.3, 0.4) is 0 Å². The SMILES string of the molecule is CC(C)C1=P[C]([Zr][C]2(C(C)C)C=CC(C(C)C)=P2)(C(C)C)C=C1.Cl.Cl. The molecule has 0 radical (unpaired) electrons. The maximum Gasteiger partial charge on any atom is -0.147 e. The van der Waals surface area contributed by atoms with Crippen molar-refractivity contribution in [2.45, 2.75) is 61.1 Å². The van der Waals surface area contributed by atoms with Gasteiger partial charge in [-0.1, -0.05) is 0 Å². The number of halogens is 2. The average Bonchev–Trinajstić information content (AvgIpc) is 3.05. The molecule has 0 spiro atoms. The van der Waals surface area contributed by atoms with Crippen LogP contribution in [0, 0.1) is 23.7 Å². The number of rotatable bonds is 6. The normalized spacial score (nSPS) is 29.0. The predicted octanol–water partition coefficient (Wildman–Crippen LogP) is 7.31. The second-order valence-corrected chi connectivity index (χ2v) is 17.8. The monoisotopic (exact) mass is 496 g/mol. The first-order valence-corrected chi connectivity index (χ1v) is 13.2. The van der Waals surface area contributed by atoms with Crippen LogP contribution in [0.25, 0.3) is 0 Å². The molecular weight excluding hydrogens is 464 g/mol. The van der Waals surface area contributed by atoms with Crippen LogP contribution in [0.15, 0.2) is 24.3 Å². The Bertz CT molecular complexity index is 526. The van der Waals surface area contributed by atoms with E-state index < -0.39 is 23.2 Å². The van der Waals surface area contributed by atoms with E-state index >= 15 is 0 Å². The zero-order valence-corrected chi connectivity index (χ0v) is 22.7. The van der Waals surface area contributed by atoms with Gasteiger partial charge in [0.25, 0.3) is 0 Å². The van der Waals surface area contributed by atoms with Crippen molar-refractivity contribution in [3.8, 4) is 0 Å². The zero-order valence-electron chi connectivity index (χ0n) is 16.8. The Morgan fingerprint density at radius 3 is 1.20 bits per heavy atom. The molecule has 2 atom stereocenters. The van der Waals surface area contributed by atoms with Gasteiger partial charge in [0.1, 0.15) is 0 Å². The first kappa shape index (κ1) is 26.3. The van der Waals surface area contributed by atoms with Gasteiger partial charge in [-0.3, -0.25) is 0 Å². The van der Waals surface area contributed by atoms with Gasteiger partial charge in [-0.2, -0.15) is 0 Å². The van der Waals surface area contributed by atoms with E-state index in [0.717, 1.165) is 11.8 Å². The van der Waals surface area contributed by atoms with E-state index in [9.17, 15) is 0 Å². The summed E-state index contributed by atoms with van der Waals surface area (Å²) >= 11 is -0.668. The van der Waals surface area contributed by atoms with Crippen molar-refractivity contribution >= 4 is 51.8 Å². The topological polar surface area (TPSA) is 0 Å². The van der Waals surface area contributed by atoms with E-state index in [1.54, 1.807) is 27.0 Å². The molecule has 2 rings (SSSR count). The van der Waals surface area contributed by atoms with Crippen molar-refractivity contribution in [1.29, 1.82) is 0 Å². The van der Waals surface area contributed by atoms with Crippen LogP contribution in [-0.2, 0) is 23.2 Å². The summed E-state index contributed by atoms with van der Waals surface area (Å²) in [6.07, 6.45) is 10.2. The van der Waals surface area contributed by atoms with Gasteiger partial charge >= 0.3 is 159 Å². The van der Waals surface area contributed by atoms with Gasteiger partial charge in [-0.25, -0.2) is 0 Å². The second kappa shape index (κ2) is 10.2. The Morgan fingerprint density at radius 1 is 0.680 bits per heavy atom. The van der Waals surface area contributed by atoms with E-state index in [0.29, 0.717) is 17.6 Å². The molecule has 0 aromatic carbocycles. The minimum atomic E-state index is -0.668. The summed E-state index contributed by atoms with van der Waals surface area (Å²) < 4.78 is 0.966. The van der Waals surface area contributed by atoms with Crippen LogP contribution in [0.5, 0.6) is 0 Å². The van der Waals surface area contributed by atoms with Gasteiger partial charge in [0, 0.05) is 0 Å². The Labute approximate surface area is 183 Å². The standard InChI is InChI=1S/2C10H16P.2ClH.Zr/c2*1-7(2)9-5-6-10(11-9)8(3)4;;;/h2*5-8H,1-4H3;2*1H;. The fourth-order valence-corrected chi connectivity index (χ4v) is 14.9. The summed E-state index contributed by atoms with van der Waals surface area (Å²) in [5.41, 5.74) is 0. The van der Waals surface area contributed by atoms with Crippen molar-refractivity contribution in [1.82, 2.24) is 0 Å². The summed E-state index contributed by atoms with van der Waals surface area (Å²) in [5.74, 6) is 2.89. The molecular formula is C20H34Cl2P2Zr. The Balaban J connectivity index is 0.00000288. The first-order chi connectivity index (χ1) is 10.6. The summed E-state index contributed by atoms with van der Waals surface area (Å²) in [6, 6.07) is 0. The van der Waals surface area contributed by atoms with Gasteiger partial charge in [-0.15, -0.1) is 24.8 Å². The molecule has 142 valence electrons. The molecule has 0 amide bonds. The van der Waals surface area contributed by atoms with E-state index in [1.807, 2.05) is 0 Å². The van der Waals surface area contributed by atoms with Gasteiger partial charge in [0.2, 0.25) is 0 Å². The van der Waals surface area contributed by atoms with Crippen LogP contribution in [0.4, 0.5) is 0 Å². The van der Waals surface area contributed by atoms with E-state index in [4.69, 9.17) is 0 Å². The summed E-state index contributed by atoms with van der Waals surface area (Å²) in [7, 11) is 3.26. The van der Waals surface area contributed by atoms with Crippen LogP contribution in [-0.4, -0.2) is 16.3 Å². The smallest absolute Gasteiger partial charge is 0.147 e. The van der Waals surface area contributed by atoms with E-state index in [2.05, 4.69) is 79.7 Å². The summed E-state index contributed by atoms with van der Waals surface area (Å²) in [6.45, 7) is 19.2. The van der Waals surface area contributed by atoms with Crippen LogP contribution >= 0.6 is 41.2 Å². The Morgan fingerprint density at radius 2 is 1.00 bits per heavy atom. The maximum absolute atomic E-state index is 2.63. The van der Waals surface area contributed by atoms with Crippen molar-refractivity contribution in [3.05, 3.63) is 24.3 Å². The van der Waals surface area contributed by atoms with Crippen molar-refractivity contribution in [2.75, 3.05) is 0 Å². The van der Waals surface area contributed by atoms with Crippen molar-refractivity contribution < 1.29 is 23.2 Å². The van der Waals surface area contributed by atoms with Crippen LogP contribution < -0.4 is 0 Å². The van der Waals surface area contributed by atoms with E-state index in [1.165, 1.54) is 0 Å². The van der Waals surface area contributed by atoms with Gasteiger partial charge in [-0.05, 0) is 0 Å². The van der Waals surface area contributed by atoms with Gasteiger partial charge < -0.3 is 0 Å². The van der Waals surface area contributed by atoms with E-state index in [-0.39, 0.29) is 24.8 Å². The zero-order chi connectivity index (χ0) is 17.4. The molecule has 0 saturated carbocycles. The molecule has 5 heteroatoms. The molecule has 2 unspecified atom stereocenters. The summed E-state index contributed by atoms with van der Waals surface area (Å²) in [4.78, 5) is 0. The molecule has 2 aliphatic rings. The number of hydrogen-bond acceptors (Lipinski definition) is 0. The van der Waals surface area contributed by atoms with Gasteiger partial charge in [0.05, 0.1) is 0 Å². The largest absolute Gasteiger partial charge is 0.147 e. The molecule has 0 bridgehead atoms. The quantitative estimate of drug-likeness (QED) is 0.337. The minimum Gasteiger partial charge on any atom is -0.147 e. The molecule has 0 aromatic heterocycles. The van der Waals surface area contributed by atoms with Gasteiger partial charge in [0.15, 0.2) is 0 Å². The molecule has 0 fully saturated rings. The van der Waals surface area contributed by atoms with Crippen LogP contribution in [0.2, 0.25) is 0 Å². The molecule has 0 aliphatic carbocycles. The first-order valence-electron chi connectivity index (χ1n) is 8.99. The predicted molar refractivity (Wildman–Crippen MR) is 121 cm³/mol. The molecule has 0 nitrogen and oxygen atoms in total. The fraction of sp³-hybridized carbons (Fsp3) is 0.700.